The number of anilines is 4. The van der Waals surface area contributed by atoms with Gasteiger partial charge in [0, 0.05) is 55.2 Å². The monoisotopic (exact) mass is 468 g/mol. The van der Waals surface area contributed by atoms with E-state index in [9.17, 15) is 9.59 Å². The van der Waals surface area contributed by atoms with Crippen molar-refractivity contribution in [2.24, 2.45) is 5.73 Å². The molecule has 0 saturated carbocycles. The Morgan fingerprint density at radius 2 is 1.91 bits per heavy atom. The number of H-pyrrole nitrogens is 1. The Morgan fingerprint density at radius 3 is 2.63 bits per heavy atom. The number of carbonyl (C=O) groups is 2. The summed E-state index contributed by atoms with van der Waals surface area (Å²) in [5, 5.41) is 4.39. The Kier molecular flexibility index (Phi) is 6.10. The second-order valence-electron chi connectivity index (χ2n) is 8.89. The standard InChI is InChI=1S/C27H28N6O2/c1-32(24-4-2-3-23-21(24)9-12-29-23)25-15-26(30-16-22(25)27(28)35)31-20-7-5-18(6-8-20)19-10-13-33(17-34)14-11-19/h2-9,12,15-17,19,29H,10-11,13-14H2,1H3,(H2,28,35)(H,30,31). The molecule has 2 aromatic heterocycles. The molecule has 1 aliphatic rings. The third kappa shape index (κ3) is 4.55. The lowest BCUT2D eigenvalue weighted by Crippen LogP contribution is -2.31. The molecule has 0 unspecified atom stereocenters. The van der Waals surface area contributed by atoms with Crippen LogP contribution in [0, 0.1) is 0 Å². The molecule has 3 heterocycles. The average molecular weight is 469 g/mol. The second kappa shape index (κ2) is 9.50. The van der Waals surface area contributed by atoms with Gasteiger partial charge in [-0.15, -0.1) is 0 Å². The number of likely N-dealkylation sites (tertiary alicyclic amines) is 1. The molecule has 1 saturated heterocycles. The summed E-state index contributed by atoms with van der Waals surface area (Å²) in [5.74, 6) is 0.548. The van der Waals surface area contributed by atoms with Crippen LogP contribution in [0.25, 0.3) is 10.9 Å². The lowest BCUT2D eigenvalue weighted by Gasteiger charge is -2.29. The molecule has 4 aromatic rings. The number of primary amides is 1. The van der Waals surface area contributed by atoms with Gasteiger partial charge in [0.05, 0.1) is 16.9 Å². The number of carbonyl (C=O) groups excluding carboxylic acids is 2. The Hall–Kier alpha value is -4.33. The van der Waals surface area contributed by atoms with Crippen molar-refractivity contribution in [3.05, 3.63) is 78.1 Å². The van der Waals surface area contributed by atoms with Gasteiger partial charge in [-0.3, -0.25) is 9.59 Å². The van der Waals surface area contributed by atoms with Crippen molar-refractivity contribution in [3.63, 3.8) is 0 Å². The minimum Gasteiger partial charge on any atom is -0.365 e. The molecule has 1 fully saturated rings. The summed E-state index contributed by atoms with van der Waals surface area (Å²) in [6.45, 7) is 1.61. The molecular weight excluding hydrogens is 440 g/mol. The lowest BCUT2D eigenvalue weighted by molar-refractivity contribution is -0.119. The van der Waals surface area contributed by atoms with E-state index in [2.05, 4.69) is 27.4 Å². The Morgan fingerprint density at radius 1 is 1.14 bits per heavy atom. The maximum absolute atomic E-state index is 12.2. The molecule has 2 aromatic carbocycles. The maximum atomic E-state index is 12.2. The molecule has 8 nitrogen and oxygen atoms in total. The van der Waals surface area contributed by atoms with Crippen molar-refractivity contribution >= 4 is 46.1 Å². The molecule has 0 aliphatic carbocycles. The number of aromatic nitrogens is 2. The zero-order chi connectivity index (χ0) is 24.4. The number of amides is 2. The van der Waals surface area contributed by atoms with Crippen LogP contribution in [-0.4, -0.2) is 47.3 Å². The summed E-state index contributed by atoms with van der Waals surface area (Å²) < 4.78 is 0. The van der Waals surface area contributed by atoms with Gasteiger partial charge in [-0.25, -0.2) is 4.98 Å². The molecule has 2 amide bonds. The summed E-state index contributed by atoms with van der Waals surface area (Å²) >= 11 is 0. The fourth-order valence-corrected chi connectivity index (χ4v) is 4.80. The van der Waals surface area contributed by atoms with Gasteiger partial charge in [0.1, 0.15) is 5.82 Å². The number of benzene rings is 2. The van der Waals surface area contributed by atoms with Crippen molar-refractivity contribution in [3.8, 4) is 0 Å². The highest BCUT2D eigenvalue weighted by molar-refractivity contribution is 6.02. The van der Waals surface area contributed by atoms with Crippen molar-refractivity contribution in [2.45, 2.75) is 18.8 Å². The van der Waals surface area contributed by atoms with Crippen LogP contribution in [0.5, 0.6) is 0 Å². The van der Waals surface area contributed by atoms with E-state index in [0.29, 0.717) is 23.0 Å². The van der Waals surface area contributed by atoms with Crippen molar-refractivity contribution in [2.75, 3.05) is 30.4 Å². The van der Waals surface area contributed by atoms with E-state index < -0.39 is 5.91 Å². The minimum atomic E-state index is -0.530. The van der Waals surface area contributed by atoms with E-state index in [1.54, 1.807) is 0 Å². The van der Waals surface area contributed by atoms with Crippen LogP contribution in [0.1, 0.15) is 34.7 Å². The molecule has 5 rings (SSSR count). The number of aromatic amines is 1. The number of nitrogens with one attached hydrogen (secondary N) is 2. The summed E-state index contributed by atoms with van der Waals surface area (Å²) in [6.07, 6.45) is 6.30. The van der Waals surface area contributed by atoms with Gasteiger partial charge in [-0.05, 0) is 54.7 Å². The number of fused-ring (bicyclic) bond motifs is 1. The van der Waals surface area contributed by atoms with Crippen LogP contribution in [0.4, 0.5) is 22.9 Å². The highest BCUT2D eigenvalue weighted by Crippen LogP contribution is 2.34. The van der Waals surface area contributed by atoms with Gasteiger partial charge < -0.3 is 25.8 Å². The number of hydrogen-bond acceptors (Lipinski definition) is 5. The predicted molar refractivity (Wildman–Crippen MR) is 138 cm³/mol. The van der Waals surface area contributed by atoms with E-state index in [-0.39, 0.29) is 0 Å². The molecular formula is C27H28N6O2. The van der Waals surface area contributed by atoms with Crippen LogP contribution in [-0.2, 0) is 4.79 Å². The van der Waals surface area contributed by atoms with E-state index in [4.69, 9.17) is 5.73 Å². The normalized spacial score (nSPS) is 14.1. The Balaban J connectivity index is 1.38. The van der Waals surface area contributed by atoms with Gasteiger partial charge in [-0.1, -0.05) is 18.2 Å². The van der Waals surface area contributed by atoms with Crippen molar-refractivity contribution < 1.29 is 9.59 Å². The summed E-state index contributed by atoms with van der Waals surface area (Å²) in [4.78, 5) is 34.6. The van der Waals surface area contributed by atoms with Crippen molar-refractivity contribution in [1.82, 2.24) is 14.9 Å². The van der Waals surface area contributed by atoms with Gasteiger partial charge in [0.2, 0.25) is 6.41 Å². The van der Waals surface area contributed by atoms with E-state index >= 15 is 0 Å². The smallest absolute Gasteiger partial charge is 0.252 e. The quantitative estimate of drug-likeness (QED) is 0.346. The van der Waals surface area contributed by atoms with Crippen LogP contribution in [0.15, 0.2) is 67.0 Å². The zero-order valence-electron chi connectivity index (χ0n) is 19.6. The first-order chi connectivity index (χ1) is 17.0. The number of pyridine rings is 1. The van der Waals surface area contributed by atoms with Gasteiger partial charge in [-0.2, -0.15) is 0 Å². The first kappa shape index (κ1) is 22.5. The fraction of sp³-hybridized carbons (Fsp3) is 0.222. The molecule has 0 spiro atoms. The summed E-state index contributed by atoms with van der Waals surface area (Å²) in [6, 6.07) is 18.2. The van der Waals surface area contributed by atoms with Gasteiger partial charge >= 0.3 is 0 Å². The first-order valence-corrected chi connectivity index (χ1v) is 11.7. The predicted octanol–water partition coefficient (Wildman–Crippen LogP) is 4.51. The first-order valence-electron chi connectivity index (χ1n) is 11.7. The third-order valence-electron chi connectivity index (χ3n) is 6.78. The topological polar surface area (TPSA) is 107 Å². The molecule has 0 radical (unpaired) electrons. The SMILES string of the molecule is CN(c1cc(Nc2ccc(C3CCN(C=O)CC3)cc2)ncc1C(N)=O)c1cccc2[nH]ccc12. The molecule has 178 valence electrons. The van der Waals surface area contributed by atoms with E-state index in [1.165, 1.54) is 11.8 Å². The van der Waals surface area contributed by atoms with Gasteiger partial charge in [0.25, 0.3) is 5.91 Å². The molecule has 0 bridgehead atoms. The highest BCUT2D eigenvalue weighted by atomic mass is 16.1. The van der Waals surface area contributed by atoms with Gasteiger partial charge in [0.15, 0.2) is 0 Å². The largest absolute Gasteiger partial charge is 0.365 e. The fourth-order valence-electron chi connectivity index (χ4n) is 4.80. The summed E-state index contributed by atoms with van der Waals surface area (Å²) in [7, 11) is 1.91. The molecule has 8 heteroatoms. The number of hydrogen-bond donors (Lipinski definition) is 3. The van der Waals surface area contributed by atoms with E-state index in [1.807, 2.05) is 65.5 Å². The van der Waals surface area contributed by atoms with Crippen LogP contribution >= 0.6 is 0 Å². The highest BCUT2D eigenvalue weighted by Gasteiger charge is 2.20. The van der Waals surface area contributed by atoms with Crippen LogP contribution in [0.2, 0.25) is 0 Å². The summed E-state index contributed by atoms with van der Waals surface area (Å²) in [5.41, 5.74) is 10.8. The molecule has 1 aliphatic heterocycles. The number of nitrogens with two attached hydrogens (primary N) is 1. The maximum Gasteiger partial charge on any atom is 0.252 e. The van der Waals surface area contributed by atoms with Crippen molar-refractivity contribution in [1.29, 1.82) is 0 Å². The number of nitrogens with zero attached hydrogens (tertiary/aromatic N) is 3. The zero-order valence-corrected chi connectivity index (χ0v) is 19.6. The lowest BCUT2D eigenvalue weighted by atomic mass is 9.89. The second-order valence-corrected chi connectivity index (χ2v) is 8.89. The van der Waals surface area contributed by atoms with E-state index in [0.717, 1.165) is 54.6 Å². The molecule has 0 atom stereocenters. The van der Waals surface area contributed by atoms with Crippen LogP contribution in [0.3, 0.4) is 0 Å². The third-order valence-corrected chi connectivity index (χ3v) is 6.78. The molecule has 35 heavy (non-hydrogen) atoms. The number of piperidine rings is 1. The average Bonchev–Trinajstić information content (AvgIpc) is 3.38. The van der Waals surface area contributed by atoms with Crippen LogP contribution < -0.4 is 16.0 Å². The Labute approximate surface area is 203 Å². The Bertz CT molecular complexity index is 1360. The molecule has 4 N–H and O–H groups in total. The minimum absolute atomic E-state index is 0.350. The number of rotatable bonds is 7.